The van der Waals surface area contributed by atoms with Crippen LogP contribution in [0, 0.1) is 0 Å². The van der Waals surface area contributed by atoms with Crippen LogP contribution in [-0.4, -0.2) is 44.7 Å². The molecule has 0 unspecified atom stereocenters. The van der Waals surface area contributed by atoms with E-state index in [0.717, 1.165) is 23.5 Å². The maximum Gasteiger partial charge on any atom is 0.181 e. The minimum Gasteiger partial charge on any atom is -0.297 e. The second-order valence-corrected chi connectivity index (χ2v) is 9.35. The van der Waals surface area contributed by atoms with E-state index in [1.54, 1.807) is 0 Å². The van der Waals surface area contributed by atoms with E-state index >= 15 is 0 Å². The normalized spacial score (nSPS) is 14.6. The van der Waals surface area contributed by atoms with Gasteiger partial charge in [0.1, 0.15) is 0 Å². The first kappa shape index (κ1) is 20.3. The van der Waals surface area contributed by atoms with Crippen LogP contribution in [0.1, 0.15) is 5.56 Å². The molecule has 4 aromatic rings. The SMILES string of the molecule is Clc1cccc(-c2n[nH]c(-c3ccc(-c4cccc(CN5CCSCC5)c4)cc3)n2)c1. The molecule has 4 nitrogen and oxygen atoms in total. The molecule has 5 rings (SSSR count). The lowest BCUT2D eigenvalue weighted by Gasteiger charge is -2.26. The zero-order chi connectivity index (χ0) is 21.0. The highest BCUT2D eigenvalue weighted by Crippen LogP contribution is 2.26. The van der Waals surface area contributed by atoms with E-state index < -0.39 is 0 Å². The fourth-order valence-electron chi connectivity index (χ4n) is 3.83. The third kappa shape index (κ3) is 4.85. The summed E-state index contributed by atoms with van der Waals surface area (Å²) < 4.78 is 0. The van der Waals surface area contributed by atoms with Gasteiger partial charge in [-0.25, -0.2) is 4.98 Å². The van der Waals surface area contributed by atoms with Crippen molar-refractivity contribution < 1.29 is 0 Å². The summed E-state index contributed by atoms with van der Waals surface area (Å²) in [4.78, 5) is 7.18. The van der Waals surface area contributed by atoms with Crippen molar-refractivity contribution in [2.45, 2.75) is 6.54 Å². The molecule has 0 saturated carbocycles. The molecule has 6 heteroatoms. The Morgan fingerprint density at radius 1 is 0.839 bits per heavy atom. The predicted octanol–water partition coefficient (Wildman–Crippen LogP) is 6.01. The van der Waals surface area contributed by atoms with Crippen LogP contribution < -0.4 is 0 Å². The van der Waals surface area contributed by atoms with E-state index in [1.165, 1.54) is 41.3 Å². The van der Waals surface area contributed by atoms with Gasteiger partial charge in [0.2, 0.25) is 0 Å². The third-order valence-electron chi connectivity index (χ3n) is 5.50. The van der Waals surface area contributed by atoms with Crippen LogP contribution in [0.4, 0.5) is 0 Å². The molecule has 1 saturated heterocycles. The fraction of sp³-hybridized carbons (Fsp3) is 0.200. The lowest BCUT2D eigenvalue weighted by atomic mass is 10.0. The van der Waals surface area contributed by atoms with Gasteiger partial charge in [0, 0.05) is 47.3 Å². The van der Waals surface area contributed by atoms with E-state index in [1.807, 2.05) is 36.0 Å². The van der Waals surface area contributed by atoms with Gasteiger partial charge >= 0.3 is 0 Å². The van der Waals surface area contributed by atoms with Gasteiger partial charge < -0.3 is 0 Å². The Morgan fingerprint density at radius 2 is 1.58 bits per heavy atom. The molecule has 1 aliphatic rings. The number of benzene rings is 3. The van der Waals surface area contributed by atoms with Crippen molar-refractivity contribution >= 4 is 23.4 Å². The lowest BCUT2D eigenvalue weighted by molar-refractivity contribution is 0.294. The summed E-state index contributed by atoms with van der Waals surface area (Å²) in [6.07, 6.45) is 0. The van der Waals surface area contributed by atoms with Gasteiger partial charge in [0.25, 0.3) is 0 Å². The van der Waals surface area contributed by atoms with Crippen LogP contribution in [0.3, 0.4) is 0 Å². The molecule has 31 heavy (non-hydrogen) atoms. The number of aromatic nitrogens is 3. The monoisotopic (exact) mass is 446 g/mol. The van der Waals surface area contributed by atoms with E-state index in [-0.39, 0.29) is 0 Å². The maximum atomic E-state index is 6.09. The highest BCUT2D eigenvalue weighted by molar-refractivity contribution is 7.99. The zero-order valence-electron chi connectivity index (χ0n) is 17.1. The van der Waals surface area contributed by atoms with Gasteiger partial charge in [-0.05, 0) is 34.9 Å². The van der Waals surface area contributed by atoms with Crippen LogP contribution in [0.15, 0.2) is 72.8 Å². The van der Waals surface area contributed by atoms with Gasteiger partial charge in [-0.2, -0.15) is 16.9 Å². The number of nitrogens with zero attached hydrogens (tertiary/aromatic N) is 3. The molecular weight excluding hydrogens is 424 g/mol. The number of nitrogens with one attached hydrogen (secondary N) is 1. The van der Waals surface area contributed by atoms with Gasteiger partial charge in [0.15, 0.2) is 11.6 Å². The number of halogens is 1. The Balaban J connectivity index is 1.33. The van der Waals surface area contributed by atoms with Crippen LogP contribution in [0.2, 0.25) is 5.02 Å². The summed E-state index contributed by atoms with van der Waals surface area (Å²) in [5, 5.41) is 8.07. The molecule has 0 radical (unpaired) electrons. The zero-order valence-corrected chi connectivity index (χ0v) is 18.7. The first-order chi connectivity index (χ1) is 15.2. The van der Waals surface area contributed by atoms with Crippen molar-refractivity contribution in [3.8, 4) is 33.9 Å². The summed E-state index contributed by atoms with van der Waals surface area (Å²) in [7, 11) is 0. The molecule has 1 aromatic heterocycles. The van der Waals surface area contributed by atoms with Crippen molar-refractivity contribution in [2.75, 3.05) is 24.6 Å². The van der Waals surface area contributed by atoms with E-state index in [0.29, 0.717) is 10.8 Å². The quantitative estimate of drug-likeness (QED) is 0.408. The number of rotatable bonds is 5. The molecule has 1 fully saturated rings. The van der Waals surface area contributed by atoms with Crippen molar-refractivity contribution in [3.05, 3.63) is 83.4 Å². The maximum absolute atomic E-state index is 6.09. The largest absolute Gasteiger partial charge is 0.297 e. The Labute approximate surface area is 191 Å². The molecule has 3 aromatic carbocycles. The predicted molar refractivity (Wildman–Crippen MR) is 130 cm³/mol. The molecule has 0 spiro atoms. The average molecular weight is 447 g/mol. The second-order valence-electron chi connectivity index (χ2n) is 7.68. The topological polar surface area (TPSA) is 44.8 Å². The van der Waals surface area contributed by atoms with Crippen molar-refractivity contribution in [1.29, 1.82) is 0 Å². The third-order valence-corrected chi connectivity index (χ3v) is 6.67. The molecule has 2 heterocycles. The average Bonchev–Trinajstić information content (AvgIpc) is 3.31. The summed E-state index contributed by atoms with van der Waals surface area (Å²) in [6, 6.07) is 24.9. The van der Waals surface area contributed by atoms with Gasteiger partial charge in [-0.1, -0.05) is 66.2 Å². The number of aromatic amines is 1. The van der Waals surface area contributed by atoms with E-state index in [9.17, 15) is 0 Å². The van der Waals surface area contributed by atoms with Crippen LogP contribution in [0.5, 0.6) is 0 Å². The first-order valence-corrected chi connectivity index (χ1v) is 12.0. The van der Waals surface area contributed by atoms with Gasteiger partial charge in [-0.15, -0.1) is 0 Å². The summed E-state index contributed by atoms with van der Waals surface area (Å²) in [5.74, 6) is 3.87. The van der Waals surface area contributed by atoms with Crippen LogP contribution in [0.25, 0.3) is 33.9 Å². The number of H-pyrrole nitrogens is 1. The Bertz CT molecular complexity index is 1170. The summed E-state index contributed by atoms with van der Waals surface area (Å²) >= 11 is 8.14. The number of hydrogen-bond donors (Lipinski definition) is 1. The molecule has 0 amide bonds. The minimum absolute atomic E-state index is 0.644. The summed E-state index contributed by atoms with van der Waals surface area (Å²) in [5.41, 5.74) is 5.72. The molecule has 0 atom stereocenters. The minimum atomic E-state index is 0.644. The number of thioether (sulfide) groups is 1. The van der Waals surface area contributed by atoms with Crippen molar-refractivity contribution in [2.24, 2.45) is 0 Å². The molecule has 1 N–H and O–H groups in total. The molecular formula is C25H23ClN4S. The Hall–Kier alpha value is -2.60. The smallest absolute Gasteiger partial charge is 0.181 e. The molecule has 0 bridgehead atoms. The van der Waals surface area contributed by atoms with Crippen LogP contribution in [-0.2, 0) is 6.54 Å². The fourth-order valence-corrected chi connectivity index (χ4v) is 5.00. The highest BCUT2D eigenvalue weighted by Gasteiger charge is 2.12. The molecule has 156 valence electrons. The van der Waals surface area contributed by atoms with Crippen LogP contribution >= 0.6 is 23.4 Å². The number of hydrogen-bond acceptors (Lipinski definition) is 4. The summed E-state index contributed by atoms with van der Waals surface area (Å²) in [6.45, 7) is 3.38. The highest BCUT2D eigenvalue weighted by atomic mass is 35.5. The van der Waals surface area contributed by atoms with Crippen molar-refractivity contribution in [1.82, 2.24) is 20.1 Å². The lowest BCUT2D eigenvalue weighted by Crippen LogP contribution is -2.31. The second kappa shape index (κ2) is 9.27. The Morgan fingerprint density at radius 3 is 2.39 bits per heavy atom. The molecule has 0 aliphatic carbocycles. The van der Waals surface area contributed by atoms with Gasteiger partial charge in [-0.3, -0.25) is 10.00 Å². The molecule has 1 aliphatic heterocycles. The van der Waals surface area contributed by atoms with E-state index in [2.05, 4.69) is 68.6 Å². The standard InChI is InChI=1S/C25H23ClN4S/c26-23-6-2-5-22(16-23)25-27-24(28-29-25)20-9-7-19(8-10-20)21-4-1-3-18(15-21)17-30-11-13-31-14-12-30/h1-10,15-16H,11-14,17H2,(H,27,28,29). The van der Waals surface area contributed by atoms with E-state index in [4.69, 9.17) is 11.6 Å². The first-order valence-electron chi connectivity index (χ1n) is 10.4. The Kier molecular flexibility index (Phi) is 6.07. The van der Waals surface area contributed by atoms with Gasteiger partial charge in [0.05, 0.1) is 0 Å². The van der Waals surface area contributed by atoms with Crippen molar-refractivity contribution in [3.63, 3.8) is 0 Å².